The van der Waals surface area contributed by atoms with Crippen molar-refractivity contribution in [2.24, 2.45) is 0 Å². The number of hydrogen-bond acceptors (Lipinski definition) is 2. The Hall–Kier alpha value is -2.48. The molecule has 0 aromatic heterocycles. The van der Waals surface area contributed by atoms with Gasteiger partial charge in [0, 0.05) is 19.0 Å². The fourth-order valence-electron chi connectivity index (χ4n) is 1.81. The molecule has 0 bridgehead atoms. The minimum atomic E-state index is -0.946. The number of carboxylic acid groups (broad SMARTS) is 1. The highest BCUT2D eigenvalue weighted by atomic mass is 16.4. The fraction of sp³-hybridized carbons (Fsp3) is 0.375. The molecule has 1 atom stereocenters. The van der Waals surface area contributed by atoms with Crippen LogP contribution < -0.4 is 10.6 Å². The van der Waals surface area contributed by atoms with Gasteiger partial charge < -0.3 is 15.7 Å². The van der Waals surface area contributed by atoms with Gasteiger partial charge in [0.05, 0.1) is 5.56 Å². The van der Waals surface area contributed by atoms with Crippen molar-refractivity contribution < 1.29 is 14.7 Å². The number of hydrogen-bond donors (Lipinski definition) is 3. The first kappa shape index (κ1) is 16.6. The molecule has 0 saturated heterocycles. The lowest BCUT2D eigenvalue weighted by Gasteiger charge is -2.14. The summed E-state index contributed by atoms with van der Waals surface area (Å²) in [5.74, 6) is 1.58. The number of rotatable bonds is 7. The van der Waals surface area contributed by atoms with Crippen LogP contribution in [0.2, 0.25) is 0 Å². The minimum Gasteiger partial charge on any atom is -0.478 e. The third-order valence-electron chi connectivity index (χ3n) is 3.09. The number of benzene rings is 1. The Labute approximate surface area is 124 Å². The second-order valence-electron chi connectivity index (χ2n) is 4.67. The van der Waals surface area contributed by atoms with Crippen molar-refractivity contribution in [3.05, 3.63) is 35.4 Å². The van der Waals surface area contributed by atoms with E-state index in [1.807, 2.05) is 6.92 Å². The van der Waals surface area contributed by atoms with Crippen LogP contribution in [-0.4, -0.2) is 29.7 Å². The van der Waals surface area contributed by atoms with E-state index >= 15 is 0 Å². The molecule has 0 aliphatic heterocycles. The first-order valence-electron chi connectivity index (χ1n) is 6.86. The predicted octanol–water partition coefficient (Wildman–Crippen LogP) is 2.03. The average molecular weight is 288 g/mol. The van der Waals surface area contributed by atoms with Gasteiger partial charge in [0.2, 0.25) is 0 Å². The van der Waals surface area contributed by atoms with E-state index in [-0.39, 0.29) is 17.6 Å². The molecule has 0 fully saturated rings. The lowest BCUT2D eigenvalue weighted by Crippen LogP contribution is -2.42. The summed E-state index contributed by atoms with van der Waals surface area (Å²) in [6.45, 7) is 2.44. The van der Waals surface area contributed by atoms with Crippen LogP contribution >= 0.6 is 0 Å². The largest absolute Gasteiger partial charge is 0.478 e. The maximum absolute atomic E-state index is 11.7. The maximum Gasteiger partial charge on any atom is 0.335 e. The van der Waals surface area contributed by atoms with Crippen LogP contribution in [0.3, 0.4) is 0 Å². The minimum absolute atomic E-state index is 0.00940. The Kier molecular flexibility index (Phi) is 6.82. The van der Waals surface area contributed by atoms with Crippen LogP contribution in [0, 0.1) is 12.3 Å². The van der Waals surface area contributed by atoms with Crippen molar-refractivity contribution in [1.82, 2.24) is 10.6 Å². The summed E-state index contributed by atoms with van der Waals surface area (Å²) in [6.07, 6.45) is 7.17. The molecule has 0 saturated carbocycles. The molecule has 1 aromatic carbocycles. The zero-order valence-corrected chi connectivity index (χ0v) is 12.1. The van der Waals surface area contributed by atoms with Gasteiger partial charge in [-0.05, 0) is 30.5 Å². The van der Waals surface area contributed by atoms with Gasteiger partial charge in [0.15, 0.2) is 0 Å². The lowest BCUT2D eigenvalue weighted by atomic mass is 10.1. The Morgan fingerprint density at radius 1 is 1.33 bits per heavy atom. The van der Waals surface area contributed by atoms with Crippen molar-refractivity contribution in [2.45, 2.75) is 32.2 Å². The van der Waals surface area contributed by atoms with E-state index in [0.717, 1.165) is 12.0 Å². The Balaban J connectivity index is 2.34. The molecular formula is C16H20N2O3. The summed E-state index contributed by atoms with van der Waals surface area (Å²) < 4.78 is 0. The van der Waals surface area contributed by atoms with Gasteiger partial charge in [-0.25, -0.2) is 9.59 Å². The number of carbonyl (C=O) groups is 2. The molecule has 2 amide bonds. The van der Waals surface area contributed by atoms with Gasteiger partial charge in [0.25, 0.3) is 0 Å². The van der Waals surface area contributed by atoms with Crippen molar-refractivity contribution in [2.75, 3.05) is 6.54 Å². The standard InChI is InChI=1S/C16H20N2O3/c1-3-5-14(4-2)18-16(21)17-11-10-12-6-8-13(9-7-12)15(19)20/h1,6-9,14H,4-5,10-11H2,2H3,(H,19,20)(H2,17,18,21). The van der Waals surface area contributed by atoms with E-state index < -0.39 is 5.97 Å². The second kappa shape index (κ2) is 8.64. The van der Waals surface area contributed by atoms with Crippen LogP contribution in [0.25, 0.3) is 0 Å². The molecule has 0 aliphatic carbocycles. The lowest BCUT2D eigenvalue weighted by molar-refractivity contribution is 0.0697. The molecule has 1 aromatic rings. The van der Waals surface area contributed by atoms with Crippen molar-refractivity contribution in [3.63, 3.8) is 0 Å². The third kappa shape index (κ3) is 6.00. The average Bonchev–Trinajstić information content (AvgIpc) is 2.47. The summed E-state index contributed by atoms with van der Waals surface area (Å²) in [5, 5.41) is 14.4. The van der Waals surface area contributed by atoms with Crippen LogP contribution in [-0.2, 0) is 6.42 Å². The fourth-order valence-corrected chi connectivity index (χ4v) is 1.81. The molecule has 1 rings (SSSR count). The van der Waals surface area contributed by atoms with Gasteiger partial charge >= 0.3 is 12.0 Å². The molecule has 5 nitrogen and oxygen atoms in total. The van der Waals surface area contributed by atoms with E-state index in [9.17, 15) is 9.59 Å². The van der Waals surface area contributed by atoms with Gasteiger partial charge in [0.1, 0.15) is 0 Å². The van der Waals surface area contributed by atoms with Crippen molar-refractivity contribution in [3.8, 4) is 12.3 Å². The highest BCUT2D eigenvalue weighted by molar-refractivity contribution is 5.87. The quantitative estimate of drug-likeness (QED) is 0.672. The number of terminal acetylenes is 1. The van der Waals surface area contributed by atoms with Crippen LogP contribution in [0.4, 0.5) is 4.79 Å². The Morgan fingerprint density at radius 3 is 2.52 bits per heavy atom. The van der Waals surface area contributed by atoms with Crippen LogP contribution in [0.1, 0.15) is 35.7 Å². The Morgan fingerprint density at radius 2 is 2.00 bits per heavy atom. The first-order valence-corrected chi connectivity index (χ1v) is 6.86. The van der Waals surface area contributed by atoms with Gasteiger partial charge in [-0.2, -0.15) is 0 Å². The molecule has 0 heterocycles. The summed E-state index contributed by atoms with van der Waals surface area (Å²) in [6, 6.07) is 6.35. The normalized spacial score (nSPS) is 11.2. The third-order valence-corrected chi connectivity index (χ3v) is 3.09. The maximum atomic E-state index is 11.7. The van der Waals surface area contributed by atoms with Gasteiger partial charge in [-0.15, -0.1) is 12.3 Å². The number of carboxylic acids is 1. The monoisotopic (exact) mass is 288 g/mol. The highest BCUT2D eigenvalue weighted by Gasteiger charge is 2.08. The molecule has 0 aliphatic rings. The van der Waals surface area contributed by atoms with Crippen LogP contribution in [0.5, 0.6) is 0 Å². The number of amides is 2. The number of nitrogens with one attached hydrogen (secondary N) is 2. The summed E-state index contributed by atoms with van der Waals surface area (Å²) in [4.78, 5) is 22.4. The molecule has 0 radical (unpaired) electrons. The zero-order valence-electron chi connectivity index (χ0n) is 12.1. The smallest absolute Gasteiger partial charge is 0.335 e. The van der Waals surface area contributed by atoms with E-state index in [4.69, 9.17) is 11.5 Å². The molecule has 5 heteroatoms. The van der Waals surface area contributed by atoms with Crippen molar-refractivity contribution in [1.29, 1.82) is 0 Å². The summed E-state index contributed by atoms with van der Waals surface area (Å²) in [7, 11) is 0. The van der Waals surface area contributed by atoms with E-state index in [2.05, 4.69) is 16.6 Å². The first-order chi connectivity index (χ1) is 10.1. The zero-order chi connectivity index (χ0) is 15.7. The molecular weight excluding hydrogens is 268 g/mol. The van der Waals surface area contributed by atoms with Crippen LogP contribution in [0.15, 0.2) is 24.3 Å². The number of aromatic carboxylic acids is 1. The van der Waals surface area contributed by atoms with E-state index in [1.165, 1.54) is 0 Å². The molecule has 1 unspecified atom stereocenters. The second-order valence-corrected chi connectivity index (χ2v) is 4.67. The van der Waals surface area contributed by atoms with E-state index in [1.54, 1.807) is 24.3 Å². The summed E-state index contributed by atoms with van der Waals surface area (Å²) >= 11 is 0. The van der Waals surface area contributed by atoms with Gasteiger partial charge in [-0.3, -0.25) is 0 Å². The number of carbonyl (C=O) groups excluding carboxylic acids is 1. The molecule has 112 valence electrons. The molecule has 21 heavy (non-hydrogen) atoms. The predicted molar refractivity (Wildman–Crippen MR) is 81.2 cm³/mol. The highest BCUT2D eigenvalue weighted by Crippen LogP contribution is 2.04. The molecule has 3 N–H and O–H groups in total. The topological polar surface area (TPSA) is 78.4 Å². The molecule has 0 spiro atoms. The van der Waals surface area contributed by atoms with Crippen molar-refractivity contribution >= 4 is 12.0 Å². The number of urea groups is 1. The Bertz CT molecular complexity index is 517. The summed E-state index contributed by atoms with van der Waals surface area (Å²) in [5.41, 5.74) is 1.22. The van der Waals surface area contributed by atoms with Gasteiger partial charge in [-0.1, -0.05) is 19.1 Å². The van der Waals surface area contributed by atoms with E-state index in [0.29, 0.717) is 19.4 Å². The SMILES string of the molecule is C#CCC(CC)NC(=O)NCCc1ccc(C(=O)O)cc1.